The molecule has 2 aromatic carbocycles. The second kappa shape index (κ2) is 7.80. The van der Waals surface area contributed by atoms with Gasteiger partial charge in [-0.05, 0) is 68.5 Å². The molecule has 3 heterocycles. The van der Waals surface area contributed by atoms with Gasteiger partial charge in [-0.15, -0.1) is 0 Å². The van der Waals surface area contributed by atoms with E-state index in [0.29, 0.717) is 16.5 Å². The number of likely N-dealkylation sites (tertiary alicyclic amines) is 1. The van der Waals surface area contributed by atoms with E-state index in [1.54, 1.807) is 12.1 Å². The number of piperidine rings is 1. The Hall–Kier alpha value is -2.08. The monoisotopic (exact) mass is 441 g/mol. The van der Waals surface area contributed by atoms with Crippen LogP contribution in [0.4, 0.5) is 0 Å². The Bertz CT molecular complexity index is 1010. The molecule has 5 nitrogen and oxygen atoms in total. The Kier molecular flexibility index (Phi) is 5.24. The van der Waals surface area contributed by atoms with E-state index in [1.165, 1.54) is 0 Å². The molecule has 0 aliphatic carbocycles. The number of nitrogens with zero attached hydrogens (tertiary/aromatic N) is 1. The van der Waals surface area contributed by atoms with E-state index in [2.05, 4.69) is 18.7 Å². The van der Waals surface area contributed by atoms with Crippen LogP contribution >= 0.6 is 11.6 Å². The first-order chi connectivity index (χ1) is 14.8. The van der Waals surface area contributed by atoms with Crippen molar-refractivity contribution in [1.29, 1.82) is 0 Å². The highest BCUT2D eigenvalue weighted by molar-refractivity contribution is 6.30. The highest BCUT2D eigenvalue weighted by atomic mass is 35.5. The third-order valence-electron chi connectivity index (χ3n) is 7.12. The van der Waals surface area contributed by atoms with Crippen LogP contribution < -0.4 is 4.74 Å². The van der Waals surface area contributed by atoms with Gasteiger partial charge in [0.15, 0.2) is 0 Å². The van der Waals surface area contributed by atoms with Gasteiger partial charge in [0.05, 0.1) is 17.8 Å². The second-order valence-corrected chi connectivity index (χ2v) is 10.1. The van der Waals surface area contributed by atoms with Crippen LogP contribution in [0.5, 0.6) is 5.75 Å². The second-order valence-electron chi connectivity index (χ2n) is 9.61. The van der Waals surface area contributed by atoms with E-state index in [4.69, 9.17) is 21.1 Å². The minimum Gasteiger partial charge on any atom is -0.487 e. The van der Waals surface area contributed by atoms with Crippen LogP contribution in [0, 0.1) is 11.8 Å². The average molecular weight is 442 g/mol. The number of halogens is 1. The standard InChI is InChI=1S/C25H28ClNO4/c1-25(2)20-11-17-14-27(13-15-4-3-5-16(10-15)24(28)29)9-8-21(17)30-23(20)19-12-18(26)6-7-22(19)31-25/h3-7,10,12,17,20-21,23H,8-9,11,13-14H2,1-2H3,(H,28,29)/t17-,20+,21+,23-/m1/s1. The summed E-state index contributed by atoms with van der Waals surface area (Å²) in [6.07, 6.45) is 2.25. The lowest BCUT2D eigenvalue weighted by Crippen LogP contribution is -2.55. The summed E-state index contributed by atoms with van der Waals surface area (Å²) in [5.41, 5.74) is 2.14. The Balaban J connectivity index is 1.33. The molecule has 5 rings (SSSR count). The van der Waals surface area contributed by atoms with E-state index in [0.717, 1.165) is 49.4 Å². The molecular formula is C25H28ClNO4. The number of hydrogen-bond acceptors (Lipinski definition) is 4. The Labute approximate surface area is 187 Å². The minimum atomic E-state index is -0.882. The molecule has 3 aliphatic heterocycles. The molecule has 164 valence electrons. The van der Waals surface area contributed by atoms with Crippen molar-refractivity contribution in [1.82, 2.24) is 4.90 Å². The van der Waals surface area contributed by atoms with Crippen LogP contribution in [0.1, 0.15) is 54.3 Å². The molecule has 0 bridgehead atoms. The highest BCUT2D eigenvalue weighted by Crippen LogP contribution is 2.53. The molecule has 0 radical (unpaired) electrons. The lowest BCUT2D eigenvalue weighted by molar-refractivity contribution is -0.187. The first-order valence-electron chi connectivity index (χ1n) is 11.0. The Morgan fingerprint density at radius 3 is 2.90 bits per heavy atom. The molecule has 1 N–H and O–H groups in total. The third-order valence-corrected chi connectivity index (χ3v) is 7.35. The summed E-state index contributed by atoms with van der Waals surface area (Å²) in [5.74, 6) is 0.688. The van der Waals surface area contributed by atoms with Crippen molar-refractivity contribution in [3.63, 3.8) is 0 Å². The predicted octanol–water partition coefficient (Wildman–Crippen LogP) is 5.18. The van der Waals surface area contributed by atoms with Crippen LogP contribution in [0.15, 0.2) is 42.5 Å². The van der Waals surface area contributed by atoms with E-state index < -0.39 is 5.97 Å². The van der Waals surface area contributed by atoms with Gasteiger partial charge in [0.1, 0.15) is 11.4 Å². The summed E-state index contributed by atoms with van der Waals surface area (Å²) in [4.78, 5) is 13.7. The molecule has 6 heteroatoms. The summed E-state index contributed by atoms with van der Waals surface area (Å²) in [6.45, 7) is 6.96. The molecule has 0 unspecified atom stereocenters. The molecule has 0 spiro atoms. The van der Waals surface area contributed by atoms with Gasteiger partial charge in [-0.25, -0.2) is 4.79 Å². The van der Waals surface area contributed by atoms with Gasteiger partial charge in [0.25, 0.3) is 0 Å². The number of carboxylic acid groups (broad SMARTS) is 1. The molecule has 2 saturated heterocycles. The third kappa shape index (κ3) is 3.95. The smallest absolute Gasteiger partial charge is 0.335 e. The summed E-state index contributed by atoms with van der Waals surface area (Å²) < 4.78 is 13.1. The molecule has 4 atom stereocenters. The molecule has 0 amide bonds. The summed E-state index contributed by atoms with van der Waals surface area (Å²) in [6, 6.07) is 13.1. The maximum Gasteiger partial charge on any atom is 0.335 e. The number of benzene rings is 2. The number of aromatic carboxylic acids is 1. The van der Waals surface area contributed by atoms with Gasteiger partial charge < -0.3 is 14.6 Å². The Morgan fingerprint density at radius 1 is 1.26 bits per heavy atom. The molecular weight excluding hydrogens is 414 g/mol. The fourth-order valence-electron chi connectivity index (χ4n) is 5.56. The fourth-order valence-corrected chi connectivity index (χ4v) is 5.74. The molecule has 2 fully saturated rings. The maximum absolute atomic E-state index is 11.3. The van der Waals surface area contributed by atoms with E-state index in [-0.39, 0.29) is 23.7 Å². The summed E-state index contributed by atoms with van der Waals surface area (Å²) in [7, 11) is 0. The van der Waals surface area contributed by atoms with Gasteiger partial charge in [-0.2, -0.15) is 0 Å². The van der Waals surface area contributed by atoms with Crippen molar-refractivity contribution in [2.45, 2.75) is 51.0 Å². The number of carboxylic acids is 1. The van der Waals surface area contributed by atoms with Crippen LogP contribution in [0.2, 0.25) is 5.02 Å². The molecule has 0 saturated carbocycles. The topological polar surface area (TPSA) is 59.0 Å². The number of ether oxygens (including phenoxy) is 2. The van der Waals surface area contributed by atoms with Crippen molar-refractivity contribution < 1.29 is 19.4 Å². The fraction of sp³-hybridized carbons (Fsp3) is 0.480. The highest BCUT2D eigenvalue weighted by Gasteiger charge is 2.51. The lowest BCUT2D eigenvalue weighted by atomic mass is 9.70. The zero-order valence-electron chi connectivity index (χ0n) is 17.9. The van der Waals surface area contributed by atoms with E-state index in [1.807, 2.05) is 30.3 Å². The predicted molar refractivity (Wildman–Crippen MR) is 119 cm³/mol. The van der Waals surface area contributed by atoms with Gasteiger partial charge >= 0.3 is 5.97 Å². The van der Waals surface area contributed by atoms with E-state index in [9.17, 15) is 9.90 Å². The number of hydrogen-bond donors (Lipinski definition) is 1. The summed E-state index contributed by atoms with van der Waals surface area (Å²) >= 11 is 6.29. The number of fused-ring (bicyclic) bond motifs is 4. The van der Waals surface area contributed by atoms with Gasteiger partial charge in [-0.3, -0.25) is 4.90 Å². The van der Waals surface area contributed by atoms with Crippen LogP contribution in [-0.2, 0) is 11.3 Å². The first kappa shape index (κ1) is 20.8. The zero-order chi connectivity index (χ0) is 21.8. The molecule has 2 aromatic rings. The normalized spacial score (nSPS) is 29.3. The lowest BCUT2D eigenvalue weighted by Gasteiger charge is -2.53. The van der Waals surface area contributed by atoms with E-state index >= 15 is 0 Å². The molecule has 0 aromatic heterocycles. The zero-order valence-corrected chi connectivity index (χ0v) is 18.6. The quantitative estimate of drug-likeness (QED) is 0.711. The van der Waals surface area contributed by atoms with Crippen LogP contribution in [-0.4, -0.2) is 40.8 Å². The molecule has 31 heavy (non-hydrogen) atoms. The van der Waals surface area contributed by atoms with Crippen molar-refractivity contribution in [3.05, 3.63) is 64.2 Å². The van der Waals surface area contributed by atoms with Crippen LogP contribution in [0.25, 0.3) is 0 Å². The maximum atomic E-state index is 11.3. The average Bonchev–Trinajstić information content (AvgIpc) is 2.73. The summed E-state index contributed by atoms with van der Waals surface area (Å²) in [5, 5.41) is 9.98. The van der Waals surface area contributed by atoms with Crippen molar-refractivity contribution in [2.75, 3.05) is 13.1 Å². The van der Waals surface area contributed by atoms with Crippen LogP contribution in [0.3, 0.4) is 0 Å². The number of carbonyl (C=O) groups is 1. The number of rotatable bonds is 3. The first-order valence-corrected chi connectivity index (χ1v) is 11.4. The van der Waals surface area contributed by atoms with Crippen molar-refractivity contribution in [2.24, 2.45) is 11.8 Å². The van der Waals surface area contributed by atoms with Crippen molar-refractivity contribution >= 4 is 17.6 Å². The largest absolute Gasteiger partial charge is 0.487 e. The SMILES string of the molecule is CC1(C)Oc2ccc(Cl)cc2[C@H]2O[C@H]3CCN(Cc4cccc(C(=O)O)c4)C[C@H]3C[C@@H]21. The van der Waals surface area contributed by atoms with Gasteiger partial charge in [-0.1, -0.05) is 23.7 Å². The van der Waals surface area contributed by atoms with Gasteiger partial charge in [0.2, 0.25) is 0 Å². The Morgan fingerprint density at radius 2 is 2.10 bits per heavy atom. The van der Waals surface area contributed by atoms with Crippen molar-refractivity contribution in [3.8, 4) is 5.75 Å². The molecule has 3 aliphatic rings. The minimum absolute atomic E-state index is 0.0116. The van der Waals surface area contributed by atoms with Gasteiger partial charge in [0, 0.05) is 36.1 Å².